The number of rotatable bonds is 1. The highest BCUT2D eigenvalue weighted by molar-refractivity contribution is 6.28. The van der Waals surface area contributed by atoms with Crippen LogP contribution in [0.15, 0.2) is 54.5 Å². The molecular weight excluding hydrogens is 694 g/mol. The number of Topliss-reactive ketones (excluding diaryl/α,β-unsaturated/α-hetero) is 1. The number of nitrogens with zero attached hydrogens (tertiary/aromatic N) is 2. The van der Waals surface area contributed by atoms with E-state index in [-0.39, 0.29) is 55.7 Å². The zero-order chi connectivity index (χ0) is 39.5. The molecule has 0 saturated heterocycles. The average Bonchev–Trinajstić information content (AvgIpc) is 3.64. The van der Waals surface area contributed by atoms with Crippen molar-refractivity contribution in [1.82, 2.24) is 9.38 Å². The van der Waals surface area contributed by atoms with Gasteiger partial charge in [0.1, 0.15) is 33.9 Å². The number of aromatic hydroxyl groups is 2. The van der Waals surface area contributed by atoms with Crippen LogP contribution < -0.4 is 10.1 Å². The van der Waals surface area contributed by atoms with Gasteiger partial charge in [-0.2, -0.15) is 0 Å². The third-order valence-corrected chi connectivity index (χ3v) is 11.3. The highest BCUT2D eigenvalue weighted by atomic mass is 16.7. The summed E-state index contributed by atoms with van der Waals surface area (Å²) in [5.74, 6) is -6.23. The Bertz CT molecular complexity index is 2260. The lowest BCUT2D eigenvalue weighted by atomic mass is 9.78. The van der Waals surface area contributed by atoms with Gasteiger partial charge < -0.3 is 45.1 Å². The number of nitrogens with one attached hydrogen (secondary N) is 1. The van der Waals surface area contributed by atoms with Crippen LogP contribution in [-0.2, 0) is 14.3 Å². The van der Waals surface area contributed by atoms with Crippen LogP contribution in [-0.4, -0.2) is 83.9 Å². The Morgan fingerprint density at radius 3 is 2.28 bits per heavy atom. The zero-order valence-electron chi connectivity index (χ0n) is 31.9. The van der Waals surface area contributed by atoms with Crippen LogP contribution in [0.2, 0.25) is 0 Å². The van der Waals surface area contributed by atoms with Gasteiger partial charge in [0.05, 0.1) is 41.6 Å². The molecule has 4 aromatic rings. The maximum atomic E-state index is 14.5. The van der Waals surface area contributed by atoms with E-state index in [2.05, 4.69) is 5.32 Å². The summed E-state index contributed by atoms with van der Waals surface area (Å²) in [6.45, 7) is 13.4. The topological polar surface area (TPSA) is 192 Å². The molecule has 0 spiro atoms. The van der Waals surface area contributed by atoms with Crippen LogP contribution >= 0.6 is 0 Å². The minimum Gasteiger partial charge on any atom is -0.507 e. The van der Waals surface area contributed by atoms with E-state index < -0.39 is 71.3 Å². The monoisotopic (exact) mass is 743 g/mol. The number of ketones is 1. The van der Waals surface area contributed by atoms with Gasteiger partial charge in [-0.3, -0.25) is 14.0 Å². The number of hydrogen-bond acceptors (Lipinski definition) is 11. The van der Waals surface area contributed by atoms with Gasteiger partial charge in [-0.1, -0.05) is 45.9 Å². The number of imidazole rings is 1. The molecule has 9 atom stereocenters. The minimum absolute atomic E-state index is 0.0318. The predicted molar refractivity (Wildman–Crippen MR) is 204 cm³/mol. The number of carbonyl (C=O) groups is 2. The number of pyridine rings is 1. The lowest BCUT2D eigenvalue weighted by Crippen LogP contribution is -2.44. The number of fused-ring (bicyclic) bond motifs is 2. The maximum Gasteiger partial charge on any atom is 0.312 e. The van der Waals surface area contributed by atoms with Crippen molar-refractivity contribution >= 4 is 44.8 Å². The highest BCUT2D eigenvalue weighted by Crippen LogP contribution is 2.54. The van der Waals surface area contributed by atoms with E-state index in [1.54, 1.807) is 70.4 Å². The van der Waals surface area contributed by atoms with Crippen molar-refractivity contribution in [3.63, 3.8) is 0 Å². The Balaban J connectivity index is 1.58. The quantitative estimate of drug-likeness (QED) is 0.133. The Morgan fingerprint density at radius 1 is 0.926 bits per heavy atom. The molecule has 54 heavy (non-hydrogen) atoms. The number of aliphatic hydroxyl groups is 3. The third-order valence-electron chi connectivity index (χ3n) is 11.3. The smallest absolute Gasteiger partial charge is 0.312 e. The van der Waals surface area contributed by atoms with Gasteiger partial charge in [0, 0.05) is 60.4 Å². The zero-order valence-corrected chi connectivity index (χ0v) is 31.9. The number of phenolic OH excluding ortho intramolecular Hbond substituents is 2. The number of amides is 1. The van der Waals surface area contributed by atoms with E-state index in [1.165, 1.54) is 26.4 Å². The summed E-state index contributed by atoms with van der Waals surface area (Å²) in [4.78, 5) is 33.0. The number of anilines is 1. The van der Waals surface area contributed by atoms with E-state index in [0.29, 0.717) is 5.65 Å². The fraction of sp³-hybridized carbons (Fsp3) is 0.439. The van der Waals surface area contributed by atoms with E-state index in [1.807, 2.05) is 19.1 Å². The second-order valence-electron chi connectivity index (χ2n) is 15.0. The van der Waals surface area contributed by atoms with E-state index in [4.69, 9.17) is 19.2 Å². The van der Waals surface area contributed by atoms with Crippen molar-refractivity contribution in [2.24, 2.45) is 23.7 Å². The summed E-state index contributed by atoms with van der Waals surface area (Å²) in [5.41, 5.74) is 2.27. The highest BCUT2D eigenvalue weighted by Gasteiger charge is 2.49. The fourth-order valence-electron chi connectivity index (χ4n) is 7.64. The van der Waals surface area contributed by atoms with Gasteiger partial charge in [0.25, 0.3) is 11.7 Å². The summed E-state index contributed by atoms with van der Waals surface area (Å²) < 4.78 is 19.5. The molecule has 6 N–H and O–H groups in total. The van der Waals surface area contributed by atoms with Gasteiger partial charge in [-0.05, 0) is 44.5 Å². The van der Waals surface area contributed by atoms with Crippen LogP contribution in [0.25, 0.3) is 27.5 Å². The van der Waals surface area contributed by atoms with E-state index >= 15 is 0 Å². The molecule has 13 nitrogen and oxygen atoms in total. The largest absolute Gasteiger partial charge is 0.507 e. The molecule has 2 aromatic heterocycles. The van der Waals surface area contributed by atoms with Crippen molar-refractivity contribution in [3.05, 3.63) is 71.2 Å². The third kappa shape index (κ3) is 6.28. The average molecular weight is 744 g/mol. The van der Waals surface area contributed by atoms with Crippen molar-refractivity contribution in [3.8, 4) is 17.2 Å². The Morgan fingerprint density at radius 2 is 1.59 bits per heavy atom. The number of hydrogen-bond donors (Lipinski definition) is 6. The molecule has 1 amide bonds. The number of aliphatic hydroxyl groups excluding tert-OH is 3. The lowest BCUT2D eigenvalue weighted by molar-refractivity contribution is -0.112. The number of aryl methyl sites for hydroxylation is 1. The van der Waals surface area contributed by atoms with Crippen LogP contribution in [0.4, 0.5) is 5.69 Å². The molecule has 0 aliphatic carbocycles. The second-order valence-corrected chi connectivity index (χ2v) is 15.0. The minimum atomic E-state index is -1.93. The Kier molecular flexibility index (Phi) is 10.3. The van der Waals surface area contributed by atoms with Crippen molar-refractivity contribution in [2.45, 2.75) is 85.6 Å². The summed E-state index contributed by atoms with van der Waals surface area (Å²) in [6.07, 6.45) is 5.55. The van der Waals surface area contributed by atoms with Crippen LogP contribution in [0.1, 0.15) is 63.0 Å². The fourth-order valence-corrected chi connectivity index (χ4v) is 7.64. The predicted octanol–water partition coefficient (Wildman–Crippen LogP) is 5.59. The van der Waals surface area contributed by atoms with Gasteiger partial charge >= 0.3 is 5.79 Å². The molecule has 0 unspecified atom stereocenters. The van der Waals surface area contributed by atoms with E-state index in [9.17, 15) is 35.1 Å². The molecule has 4 bridgehead atoms. The number of allylic oxidation sites excluding steroid dienone is 2. The molecule has 6 rings (SSSR count). The number of methoxy groups -OCH3 is 1. The number of phenols is 2. The standard InChI is InChI=1S/C41H49N3O10/c1-18-13-15-44-26(17-18)42-30-27-28-36(48)24(7)38-29(27)39(50)41(8,54-38)53-16-14-25(52-9)21(4)34(46)23(6)35(47)22(5)33(45)19(2)11-10-12-20(3)40(51)43-31(32(30)44)37(28)49/h10-17,19,21-23,25,33-35,45-49H,1-9H3,(H,43,51)/b11-10-,16-14-,20-12?/t19-,21+,22+,23-,25-,33-,34+,35+,41-/m0/s1. The van der Waals surface area contributed by atoms with Crippen LogP contribution in [0.5, 0.6) is 17.2 Å². The molecule has 4 heterocycles. The first-order valence-corrected chi connectivity index (χ1v) is 18.1. The number of aromatic nitrogens is 2. The van der Waals surface area contributed by atoms with Gasteiger partial charge in [0.2, 0.25) is 0 Å². The molecule has 2 aliphatic rings. The number of ether oxygens (including phenoxy) is 3. The summed E-state index contributed by atoms with van der Waals surface area (Å²) in [6, 6.07) is 3.65. The summed E-state index contributed by atoms with van der Waals surface area (Å²) in [7, 11) is 1.46. The summed E-state index contributed by atoms with van der Waals surface area (Å²) >= 11 is 0. The Labute approximate surface area is 313 Å². The second kappa shape index (κ2) is 14.4. The first-order valence-electron chi connectivity index (χ1n) is 18.1. The molecule has 0 fully saturated rings. The Hall–Kier alpha value is -4.95. The molecule has 2 aliphatic heterocycles. The van der Waals surface area contributed by atoms with E-state index in [0.717, 1.165) is 5.56 Å². The SMILES string of the molecule is CO[C@H]1/C=C\O[C@@]2(C)Oc3c(C)c(O)c4c(O)c(c5c(nc6cc(C)ccn65)c4c3C2=O)NC(=O)C(C)=C/C=C\[C@H](C)[C@H](O)[C@@H](C)[C@@H](O)[C@@H](C)[C@H](O)[C@@H]1C. The molecular formula is C41H49N3O10. The molecule has 288 valence electrons. The molecule has 0 saturated carbocycles. The van der Waals surface area contributed by atoms with Gasteiger partial charge in [0.15, 0.2) is 5.75 Å². The molecule has 13 heteroatoms. The van der Waals surface area contributed by atoms with Gasteiger partial charge in [-0.25, -0.2) is 4.98 Å². The molecule has 0 radical (unpaired) electrons. The molecule has 2 aromatic carbocycles. The number of benzene rings is 2. The normalized spacial score (nSPS) is 31.1. The van der Waals surface area contributed by atoms with Crippen LogP contribution in [0, 0.1) is 37.5 Å². The van der Waals surface area contributed by atoms with Crippen molar-refractivity contribution < 1.29 is 49.3 Å². The van der Waals surface area contributed by atoms with Crippen LogP contribution in [0.3, 0.4) is 0 Å². The maximum absolute atomic E-state index is 14.5. The summed E-state index contributed by atoms with van der Waals surface area (Å²) in [5, 5.41) is 60.2. The first kappa shape index (κ1) is 38.8. The first-order chi connectivity index (χ1) is 25.4. The van der Waals surface area contributed by atoms with Crippen molar-refractivity contribution in [1.29, 1.82) is 0 Å². The number of carbonyl (C=O) groups excluding carboxylic acids is 2. The van der Waals surface area contributed by atoms with Crippen molar-refractivity contribution in [2.75, 3.05) is 12.4 Å². The van der Waals surface area contributed by atoms with Gasteiger partial charge in [-0.15, -0.1) is 0 Å². The lowest BCUT2D eigenvalue weighted by Gasteiger charge is -2.36.